The first kappa shape index (κ1) is 12.4. The van der Waals surface area contributed by atoms with E-state index in [9.17, 15) is 0 Å². The van der Waals surface area contributed by atoms with Gasteiger partial charge in [0.1, 0.15) is 6.07 Å². The van der Waals surface area contributed by atoms with Crippen molar-refractivity contribution < 1.29 is 0 Å². The van der Waals surface area contributed by atoms with E-state index in [1.54, 1.807) is 6.07 Å². The number of halogens is 1. The monoisotopic (exact) mass is 257 g/mol. The number of aromatic nitrogens is 1. The molecule has 2 aromatic rings. The summed E-state index contributed by atoms with van der Waals surface area (Å²) in [4.78, 5) is 4.37. The Morgan fingerprint density at radius 2 is 1.94 bits per heavy atom. The molecule has 0 aliphatic carbocycles. The van der Waals surface area contributed by atoms with Crippen molar-refractivity contribution >= 4 is 23.0 Å². The molecule has 0 saturated carbocycles. The Hall–Kier alpha value is -2.05. The van der Waals surface area contributed by atoms with Crippen LogP contribution in [0.15, 0.2) is 30.3 Å². The van der Waals surface area contributed by atoms with Gasteiger partial charge in [0.05, 0.1) is 27.7 Å². The van der Waals surface area contributed by atoms with Crippen molar-refractivity contribution in [3.8, 4) is 6.07 Å². The molecule has 0 amide bonds. The minimum atomic E-state index is 0.444. The van der Waals surface area contributed by atoms with Crippen molar-refractivity contribution in [3.05, 3.63) is 52.3 Å². The van der Waals surface area contributed by atoms with Crippen molar-refractivity contribution in [2.24, 2.45) is 0 Å². The van der Waals surface area contributed by atoms with Crippen molar-refractivity contribution in [2.45, 2.75) is 13.8 Å². The van der Waals surface area contributed by atoms with Gasteiger partial charge in [-0.3, -0.25) is 4.98 Å². The van der Waals surface area contributed by atoms with Gasteiger partial charge in [0, 0.05) is 5.69 Å². The summed E-state index contributed by atoms with van der Waals surface area (Å²) >= 11 is 5.98. The summed E-state index contributed by atoms with van der Waals surface area (Å²) in [5.41, 5.74) is 3.86. The molecule has 2 rings (SSSR count). The summed E-state index contributed by atoms with van der Waals surface area (Å²) in [6, 6.07) is 11.3. The van der Waals surface area contributed by atoms with Crippen LogP contribution >= 0.6 is 11.6 Å². The lowest BCUT2D eigenvalue weighted by atomic mass is 10.2. The van der Waals surface area contributed by atoms with E-state index in [0.717, 1.165) is 17.1 Å². The molecule has 4 heteroatoms. The quantitative estimate of drug-likeness (QED) is 0.886. The maximum atomic E-state index is 9.10. The predicted molar refractivity (Wildman–Crippen MR) is 73.2 cm³/mol. The van der Waals surface area contributed by atoms with Crippen molar-refractivity contribution in [3.63, 3.8) is 0 Å². The number of nitriles is 1. The lowest BCUT2D eigenvalue weighted by molar-refractivity contribution is 1.12. The largest absolute Gasteiger partial charge is 0.353 e. The molecule has 0 bridgehead atoms. The molecule has 1 heterocycles. The summed E-state index contributed by atoms with van der Waals surface area (Å²) < 4.78 is 0. The fourth-order valence-electron chi connectivity index (χ4n) is 1.71. The molecule has 0 saturated heterocycles. The first-order valence-electron chi connectivity index (χ1n) is 5.51. The Kier molecular flexibility index (Phi) is 3.50. The van der Waals surface area contributed by atoms with E-state index >= 15 is 0 Å². The first-order valence-corrected chi connectivity index (χ1v) is 5.89. The molecule has 90 valence electrons. The molecule has 1 aromatic heterocycles. The molecular weight excluding hydrogens is 246 g/mol. The Morgan fingerprint density at radius 3 is 2.61 bits per heavy atom. The van der Waals surface area contributed by atoms with Gasteiger partial charge < -0.3 is 5.32 Å². The van der Waals surface area contributed by atoms with Gasteiger partial charge in [-0.2, -0.15) is 5.26 Å². The molecule has 3 nitrogen and oxygen atoms in total. The van der Waals surface area contributed by atoms with Crippen LogP contribution in [0.5, 0.6) is 0 Å². The van der Waals surface area contributed by atoms with Gasteiger partial charge in [-0.15, -0.1) is 0 Å². The second kappa shape index (κ2) is 5.07. The maximum Gasteiger partial charge on any atom is 0.103 e. The topological polar surface area (TPSA) is 48.7 Å². The number of pyridine rings is 1. The number of nitrogens with one attached hydrogen (secondary N) is 1. The van der Waals surface area contributed by atoms with Gasteiger partial charge in [-0.25, -0.2) is 0 Å². The number of nitrogens with zero attached hydrogens (tertiary/aromatic N) is 2. The summed E-state index contributed by atoms with van der Waals surface area (Å²) in [6.07, 6.45) is 0. The summed E-state index contributed by atoms with van der Waals surface area (Å²) in [5, 5.41) is 12.7. The standard InChI is InChI=1S/C14H12ClN3/c1-9-6-7-13(10(2)17-9)18-14-5-3-4-12(15)11(14)8-16/h3-7,18H,1-2H3. The van der Waals surface area contributed by atoms with E-state index in [0.29, 0.717) is 16.3 Å². The first-order chi connectivity index (χ1) is 8.61. The van der Waals surface area contributed by atoms with Gasteiger partial charge in [0.25, 0.3) is 0 Å². The number of hydrogen-bond donors (Lipinski definition) is 1. The average molecular weight is 258 g/mol. The van der Waals surface area contributed by atoms with E-state index in [1.807, 2.05) is 38.1 Å². The van der Waals surface area contributed by atoms with Crippen LogP contribution in [0.3, 0.4) is 0 Å². The molecule has 0 radical (unpaired) electrons. The molecule has 0 fully saturated rings. The zero-order valence-corrected chi connectivity index (χ0v) is 10.9. The SMILES string of the molecule is Cc1ccc(Nc2cccc(Cl)c2C#N)c(C)n1. The lowest BCUT2D eigenvalue weighted by Gasteiger charge is -2.11. The third-order valence-corrected chi connectivity index (χ3v) is 2.93. The fourth-order valence-corrected chi connectivity index (χ4v) is 1.92. The number of hydrogen-bond acceptors (Lipinski definition) is 3. The van der Waals surface area contributed by atoms with Gasteiger partial charge in [0.2, 0.25) is 0 Å². The van der Waals surface area contributed by atoms with Crippen LogP contribution in [0.25, 0.3) is 0 Å². The summed E-state index contributed by atoms with van der Waals surface area (Å²) in [5.74, 6) is 0. The van der Waals surface area contributed by atoms with E-state index in [-0.39, 0.29) is 0 Å². The summed E-state index contributed by atoms with van der Waals surface area (Å²) in [6.45, 7) is 3.86. The second-order valence-electron chi connectivity index (χ2n) is 3.98. The number of rotatable bonds is 2. The molecule has 1 aromatic carbocycles. The van der Waals surface area contributed by atoms with Crippen LogP contribution in [-0.2, 0) is 0 Å². The molecule has 0 aliphatic rings. The van der Waals surface area contributed by atoms with E-state index in [2.05, 4.69) is 16.4 Å². The number of aryl methyl sites for hydroxylation is 2. The average Bonchev–Trinajstić information content (AvgIpc) is 2.33. The van der Waals surface area contributed by atoms with Crippen molar-refractivity contribution in [1.29, 1.82) is 5.26 Å². The van der Waals surface area contributed by atoms with E-state index < -0.39 is 0 Å². The minimum absolute atomic E-state index is 0.444. The predicted octanol–water partition coefficient (Wildman–Crippen LogP) is 3.97. The van der Waals surface area contributed by atoms with Crippen LogP contribution in [0.1, 0.15) is 17.0 Å². The highest BCUT2D eigenvalue weighted by atomic mass is 35.5. The van der Waals surface area contributed by atoms with Crippen LogP contribution < -0.4 is 5.32 Å². The Labute approximate surface area is 111 Å². The summed E-state index contributed by atoms with van der Waals surface area (Å²) in [7, 11) is 0. The molecule has 0 spiro atoms. The van der Waals surface area contributed by atoms with E-state index in [1.165, 1.54) is 0 Å². The van der Waals surface area contributed by atoms with Crippen LogP contribution in [-0.4, -0.2) is 4.98 Å². The fraction of sp³-hybridized carbons (Fsp3) is 0.143. The molecule has 0 unspecified atom stereocenters. The third kappa shape index (κ3) is 2.44. The van der Waals surface area contributed by atoms with Crippen molar-refractivity contribution in [2.75, 3.05) is 5.32 Å². The normalized spacial score (nSPS) is 9.89. The van der Waals surface area contributed by atoms with Gasteiger partial charge in [-0.1, -0.05) is 17.7 Å². The van der Waals surface area contributed by atoms with E-state index in [4.69, 9.17) is 16.9 Å². The van der Waals surface area contributed by atoms with Crippen LogP contribution in [0.2, 0.25) is 5.02 Å². The highest BCUT2D eigenvalue weighted by molar-refractivity contribution is 6.32. The van der Waals surface area contributed by atoms with Gasteiger partial charge >= 0.3 is 0 Å². The van der Waals surface area contributed by atoms with Gasteiger partial charge in [0.15, 0.2) is 0 Å². The van der Waals surface area contributed by atoms with Gasteiger partial charge in [-0.05, 0) is 38.1 Å². The zero-order valence-electron chi connectivity index (χ0n) is 10.2. The van der Waals surface area contributed by atoms with Crippen molar-refractivity contribution in [1.82, 2.24) is 4.98 Å². The smallest absolute Gasteiger partial charge is 0.103 e. The lowest BCUT2D eigenvalue weighted by Crippen LogP contribution is -1.98. The number of benzene rings is 1. The third-order valence-electron chi connectivity index (χ3n) is 2.62. The second-order valence-corrected chi connectivity index (χ2v) is 4.39. The highest BCUT2D eigenvalue weighted by Gasteiger charge is 2.08. The molecule has 1 N–H and O–H groups in total. The Morgan fingerprint density at radius 1 is 1.17 bits per heavy atom. The molecular formula is C14H12ClN3. The van der Waals surface area contributed by atoms with Crippen LogP contribution in [0, 0.1) is 25.2 Å². The maximum absolute atomic E-state index is 9.10. The molecule has 18 heavy (non-hydrogen) atoms. The minimum Gasteiger partial charge on any atom is -0.353 e. The number of anilines is 2. The molecule has 0 aliphatic heterocycles. The molecule has 0 atom stereocenters. The Balaban J connectivity index is 2.41. The Bertz CT molecular complexity index is 629. The zero-order chi connectivity index (χ0) is 13.1. The highest BCUT2D eigenvalue weighted by Crippen LogP contribution is 2.27. The van der Waals surface area contributed by atoms with Crippen LogP contribution in [0.4, 0.5) is 11.4 Å².